The second-order valence-electron chi connectivity index (χ2n) is 5.06. The van der Waals surface area contributed by atoms with E-state index in [4.69, 9.17) is 11.6 Å². The van der Waals surface area contributed by atoms with Crippen LogP contribution in [0, 0.1) is 0 Å². The van der Waals surface area contributed by atoms with Crippen LogP contribution in [0.5, 0.6) is 0 Å². The van der Waals surface area contributed by atoms with Crippen molar-refractivity contribution in [1.29, 1.82) is 0 Å². The molecule has 2 aromatic heterocycles. The van der Waals surface area contributed by atoms with E-state index in [2.05, 4.69) is 25.6 Å². The molecule has 0 aliphatic carbocycles. The topological polar surface area (TPSA) is 99.8 Å². The summed E-state index contributed by atoms with van der Waals surface area (Å²) in [6.45, 7) is 0. The minimum absolute atomic E-state index is 0.164. The Hall–Kier alpha value is -2.58. The zero-order chi connectivity index (χ0) is 17.8. The lowest BCUT2D eigenvalue weighted by atomic mass is 10.2. The summed E-state index contributed by atoms with van der Waals surface area (Å²) in [5.74, 6) is -0.248. The summed E-state index contributed by atoms with van der Waals surface area (Å²) in [4.78, 5) is 35.2. The van der Waals surface area contributed by atoms with E-state index < -0.39 is 0 Å². The Morgan fingerprint density at radius 3 is 2.96 bits per heavy atom. The van der Waals surface area contributed by atoms with Gasteiger partial charge in [0.05, 0.1) is 16.3 Å². The number of nitrogens with one attached hydrogen (secondary N) is 3. The number of hydrogen-bond acceptors (Lipinski definition) is 5. The molecule has 128 valence electrons. The molecule has 7 nitrogen and oxygen atoms in total. The highest BCUT2D eigenvalue weighted by Crippen LogP contribution is 2.20. The molecule has 3 aromatic rings. The van der Waals surface area contributed by atoms with Crippen molar-refractivity contribution in [2.45, 2.75) is 5.16 Å². The molecule has 9 heteroatoms. The quantitative estimate of drug-likeness (QED) is 0.595. The zero-order valence-corrected chi connectivity index (χ0v) is 14.7. The molecule has 1 aromatic carbocycles. The van der Waals surface area contributed by atoms with Crippen molar-refractivity contribution < 1.29 is 9.59 Å². The van der Waals surface area contributed by atoms with Crippen LogP contribution in [0.4, 0.5) is 5.69 Å². The van der Waals surface area contributed by atoms with Crippen molar-refractivity contribution in [3.8, 4) is 0 Å². The first kappa shape index (κ1) is 17.2. The van der Waals surface area contributed by atoms with Gasteiger partial charge in [-0.25, -0.2) is 9.97 Å². The van der Waals surface area contributed by atoms with Gasteiger partial charge in [-0.15, -0.1) is 0 Å². The molecule has 3 rings (SSSR count). The van der Waals surface area contributed by atoms with Gasteiger partial charge in [0.15, 0.2) is 10.8 Å². The molecule has 0 saturated heterocycles. The van der Waals surface area contributed by atoms with E-state index in [0.717, 1.165) is 0 Å². The van der Waals surface area contributed by atoms with Gasteiger partial charge in [-0.05, 0) is 24.3 Å². The standard InChI is InChI=1S/C16H14ClN5O2S/c1-18-15(24)9-3-2-4-11(5-9)20-13(23)8-25-16-21-12-6-10(17)7-19-14(12)22-16/h2-7H,8H2,1H3,(H,18,24)(H,20,23)(H,19,21,22). The molecular weight excluding hydrogens is 362 g/mol. The normalized spacial score (nSPS) is 10.6. The number of nitrogens with zero attached hydrogens (tertiary/aromatic N) is 2. The van der Waals surface area contributed by atoms with Crippen LogP contribution in [0.15, 0.2) is 41.7 Å². The van der Waals surface area contributed by atoms with E-state index in [1.807, 2.05) is 0 Å². The van der Waals surface area contributed by atoms with Crippen molar-refractivity contribution in [3.63, 3.8) is 0 Å². The van der Waals surface area contributed by atoms with Crippen molar-refractivity contribution in [3.05, 3.63) is 47.1 Å². The average molecular weight is 376 g/mol. The number of H-pyrrole nitrogens is 1. The first-order chi connectivity index (χ1) is 12.0. The number of rotatable bonds is 5. The van der Waals surface area contributed by atoms with Gasteiger partial charge in [0.2, 0.25) is 5.91 Å². The smallest absolute Gasteiger partial charge is 0.251 e. The third-order valence-corrected chi connectivity index (χ3v) is 4.34. The Kier molecular flexibility index (Phi) is 5.20. The summed E-state index contributed by atoms with van der Waals surface area (Å²) in [5.41, 5.74) is 2.30. The number of carbonyl (C=O) groups is 2. The Balaban J connectivity index is 1.61. The number of amides is 2. The first-order valence-corrected chi connectivity index (χ1v) is 8.67. The molecule has 0 spiro atoms. The number of hydrogen-bond donors (Lipinski definition) is 3. The summed E-state index contributed by atoms with van der Waals surface area (Å²) in [6, 6.07) is 8.46. The number of benzene rings is 1. The van der Waals surface area contributed by atoms with E-state index in [1.54, 1.807) is 37.4 Å². The van der Waals surface area contributed by atoms with E-state index in [0.29, 0.717) is 32.6 Å². The molecule has 0 radical (unpaired) electrons. The number of pyridine rings is 1. The lowest BCUT2D eigenvalue weighted by Gasteiger charge is -2.06. The molecule has 2 heterocycles. The molecule has 3 N–H and O–H groups in total. The fourth-order valence-corrected chi connectivity index (χ4v) is 2.97. The summed E-state index contributed by atoms with van der Waals surface area (Å²) in [7, 11) is 1.56. The van der Waals surface area contributed by atoms with Crippen LogP contribution in [0.25, 0.3) is 11.2 Å². The van der Waals surface area contributed by atoms with Crippen molar-refractivity contribution in [2.24, 2.45) is 0 Å². The van der Waals surface area contributed by atoms with E-state index in [1.165, 1.54) is 18.0 Å². The highest BCUT2D eigenvalue weighted by atomic mass is 35.5. The summed E-state index contributed by atoms with van der Waals surface area (Å²) in [6.07, 6.45) is 1.52. The maximum atomic E-state index is 12.1. The van der Waals surface area contributed by atoms with Gasteiger partial charge in [0.1, 0.15) is 0 Å². The molecule has 0 aliphatic rings. The van der Waals surface area contributed by atoms with Gasteiger partial charge < -0.3 is 15.6 Å². The number of imidazole rings is 1. The van der Waals surface area contributed by atoms with Crippen LogP contribution in [0.2, 0.25) is 5.02 Å². The molecule has 0 unspecified atom stereocenters. The van der Waals surface area contributed by atoms with Crippen molar-refractivity contribution in [2.75, 3.05) is 18.1 Å². The number of halogens is 1. The second kappa shape index (κ2) is 7.54. The lowest BCUT2D eigenvalue weighted by molar-refractivity contribution is -0.113. The number of fused-ring (bicyclic) bond motifs is 1. The molecule has 2 amide bonds. The van der Waals surface area contributed by atoms with Gasteiger partial charge in [0.25, 0.3) is 5.91 Å². The maximum Gasteiger partial charge on any atom is 0.251 e. The monoisotopic (exact) mass is 375 g/mol. The maximum absolute atomic E-state index is 12.1. The minimum atomic E-state index is -0.209. The lowest BCUT2D eigenvalue weighted by Crippen LogP contribution is -2.19. The number of thioether (sulfide) groups is 1. The minimum Gasteiger partial charge on any atom is -0.355 e. The molecule has 0 aliphatic heterocycles. The summed E-state index contributed by atoms with van der Waals surface area (Å²) in [5, 5.41) is 6.40. The van der Waals surface area contributed by atoms with Gasteiger partial charge >= 0.3 is 0 Å². The number of anilines is 1. The largest absolute Gasteiger partial charge is 0.355 e. The highest BCUT2D eigenvalue weighted by Gasteiger charge is 2.10. The van der Waals surface area contributed by atoms with Gasteiger partial charge in [-0.2, -0.15) is 0 Å². The molecular formula is C16H14ClN5O2S. The van der Waals surface area contributed by atoms with Crippen molar-refractivity contribution in [1.82, 2.24) is 20.3 Å². The van der Waals surface area contributed by atoms with E-state index in [-0.39, 0.29) is 17.6 Å². The Bertz CT molecular complexity index is 943. The number of carbonyl (C=O) groups excluding carboxylic acids is 2. The van der Waals surface area contributed by atoms with E-state index in [9.17, 15) is 9.59 Å². The Morgan fingerprint density at radius 1 is 1.32 bits per heavy atom. The number of aromatic amines is 1. The summed E-state index contributed by atoms with van der Waals surface area (Å²) >= 11 is 7.13. The van der Waals surface area contributed by atoms with Gasteiger partial charge in [0, 0.05) is 24.5 Å². The predicted molar refractivity (Wildman–Crippen MR) is 98.1 cm³/mol. The Morgan fingerprint density at radius 2 is 2.16 bits per heavy atom. The first-order valence-electron chi connectivity index (χ1n) is 7.31. The fraction of sp³-hybridized carbons (Fsp3) is 0.125. The number of aromatic nitrogens is 3. The predicted octanol–water partition coefficient (Wildman–Crippen LogP) is 2.70. The second-order valence-corrected chi connectivity index (χ2v) is 6.46. The van der Waals surface area contributed by atoms with Crippen LogP contribution in [-0.2, 0) is 4.79 Å². The third kappa shape index (κ3) is 4.28. The molecule has 0 fully saturated rings. The highest BCUT2D eigenvalue weighted by molar-refractivity contribution is 7.99. The zero-order valence-electron chi connectivity index (χ0n) is 13.2. The summed E-state index contributed by atoms with van der Waals surface area (Å²) < 4.78 is 0. The third-order valence-electron chi connectivity index (χ3n) is 3.26. The van der Waals surface area contributed by atoms with Crippen LogP contribution in [0.3, 0.4) is 0 Å². The van der Waals surface area contributed by atoms with Crippen LogP contribution < -0.4 is 10.6 Å². The molecule has 25 heavy (non-hydrogen) atoms. The Labute approximate surface area is 152 Å². The van der Waals surface area contributed by atoms with E-state index >= 15 is 0 Å². The van der Waals surface area contributed by atoms with Crippen LogP contribution >= 0.6 is 23.4 Å². The molecule has 0 atom stereocenters. The van der Waals surface area contributed by atoms with Crippen LogP contribution in [-0.4, -0.2) is 39.6 Å². The SMILES string of the molecule is CNC(=O)c1cccc(NC(=O)CSc2nc3ncc(Cl)cc3[nH]2)c1. The fourth-order valence-electron chi connectivity index (χ4n) is 2.13. The molecule has 0 bridgehead atoms. The van der Waals surface area contributed by atoms with Crippen molar-refractivity contribution >= 4 is 52.0 Å². The molecule has 0 saturated carbocycles. The van der Waals surface area contributed by atoms with Gasteiger partial charge in [-0.3, -0.25) is 9.59 Å². The van der Waals surface area contributed by atoms with Gasteiger partial charge in [-0.1, -0.05) is 29.4 Å². The average Bonchev–Trinajstić information content (AvgIpc) is 3.01. The van der Waals surface area contributed by atoms with Crippen LogP contribution in [0.1, 0.15) is 10.4 Å².